The number of benzene rings is 2. The average Bonchev–Trinajstić information content (AvgIpc) is 3.04. The van der Waals surface area contributed by atoms with Gasteiger partial charge in [0.2, 0.25) is 5.91 Å². The van der Waals surface area contributed by atoms with E-state index in [2.05, 4.69) is 15.6 Å². The fourth-order valence-corrected chi connectivity index (χ4v) is 3.64. The maximum atomic E-state index is 12.7. The summed E-state index contributed by atoms with van der Waals surface area (Å²) in [5.41, 5.74) is 3.14. The van der Waals surface area contributed by atoms with Gasteiger partial charge in [-0.25, -0.2) is 4.98 Å². The number of amides is 2. The van der Waals surface area contributed by atoms with Gasteiger partial charge in [-0.05, 0) is 43.7 Å². The molecule has 2 aromatic carbocycles. The Morgan fingerprint density at radius 1 is 1.04 bits per heavy atom. The minimum absolute atomic E-state index is 0.0970. The highest BCUT2D eigenvalue weighted by atomic mass is 32.1. The Hall–Kier alpha value is -2.99. The summed E-state index contributed by atoms with van der Waals surface area (Å²) in [5.74, 6) is -0.291. The van der Waals surface area contributed by atoms with Gasteiger partial charge in [0.25, 0.3) is 5.91 Å². The van der Waals surface area contributed by atoms with Crippen LogP contribution in [0.25, 0.3) is 10.6 Å². The zero-order valence-electron chi connectivity index (χ0n) is 15.4. The predicted molar refractivity (Wildman–Crippen MR) is 109 cm³/mol. The van der Waals surface area contributed by atoms with Gasteiger partial charge in [-0.1, -0.05) is 30.3 Å². The van der Waals surface area contributed by atoms with Gasteiger partial charge in [0.05, 0.1) is 6.04 Å². The molecular formula is C21H21N3O2S. The quantitative estimate of drug-likeness (QED) is 0.682. The largest absolute Gasteiger partial charge is 0.344 e. The molecule has 1 unspecified atom stereocenters. The van der Waals surface area contributed by atoms with Crippen molar-refractivity contribution in [3.63, 3.8) is 0 Å². The van der Waals surface area contributed by atoms with Gasteiger partial charge in [0, 0.05) is 23.1 Å². The molecule has 1 heterocycles. The zero-order valence-corrected chi connectivity index (χ0v) is 16.3. The van der Waals surface area contributed by atoms with Crippen LogP contribution in [0.3, 0.4) is 0 Å². The Kier molecular flexibility index (Phi) is 5.66. The number of rotatable bonds is 5. The number of hydrogen-bond acceptors (Lipinski definition) is 4. The van der Waals surface area contributed by atoms with Crippen LogP contribution in [0.15, 0.2) is 54.6 Å². The minimum atomic E-state index is -0.179. The summed E-state index contributed by atoms with van der Waals surface area (Å²) in [6.07, 6.45) is 0. The Balaban J connectivity index is 1.75. The fraction of sp³-hybridized carbons (Fsp3) is 0.190. The van der Waals surface area contributed by atoms with Crippen LogP contribution in [0.5, 0.6) is 0 Å². The Bertz CT molecular complexity index is 949. The van der Waals surface area contributed by atoms with E-state index in [1.54, 1.807) is 0 Å². The number of carbonyl (C=O) groups excluding carboxylic acids is 2. The molecule has 0 aliphatic carbocycles. The van der Waals surface area contributed by atoms with E-state index in [4.69, 9.17) is 0 Å². The van der Waals surface area contributed by atoms with Crippen molar-refractivity contribution in [1.82, 2.24) is 10.3 Å². The molecule has 0 fully saturated rings. The highest BCUT2D eigenvalue weighted by Gasteiger charge is 2.18. The lowest BCUT2D eigenvalue weighted by atomic mass is 10.1. The average molecular weight is 379 g/mol. The van der Waals surface area contributed by atoms with Gasteiger partial charge in [-0.15, -0.1) is 11.3 Å². The Morgan fingerprint density at radius 2 is 1.70 bits per heavy atom. The van der Waals surface area contributed by atoms with E-state index in [1.165, 1.54) is 18.3 Å². The van der Waals surface area contributed by atoms with Gasteiger partial charge >= 0.3 is 0 Å². The zero-order chi connectivity index (χ0) is 19.4. The number of nitrogens with one attached hydrogen (secondary N) is 2. The summed E-state index contributed by atoms with van der Waals surface area (Å²) in [6.45, 7) is 5.32. The second kappa shape index (κ2) is 8.14. The second-order valence-electron chi connectivity index (χ2n) is 6.29. The maximum Gasteiger partial charge on any atom is 0.271 e. The highest BCUT2D eigenvalue weighted by molar-refractivity contribution is 7.15. The monoisotopic (exact) mass is 379 g/mol. The van der Waals surface area contributed by atoms with Crippen LogP contribution in [0.1, 0.15) is 40.8 Å². The molecule has 3 aromatic rings. The number of carbonyl (C=O) groups is 2. The van der Waals surface area contributed by atoms with Crippen molar-refractivity contribution in [2.75, 3.05) is 5.32 Å². The minimum Gasteiger partial charge on any atom is -0.344 e. The van der Waals surface area contributed by atoms with Crippen LogP contribution in [-0.2, 0) is 4.79 Å². The molecule has 0 aliphatic rings. The number of aryl methyl sites for hydroxylation is 1. The van der Waals surface area contributed by atoms with Crippen molar-refractivity contribution in [1.29, 1.82) is 0 Å². The molecule has 3 rings (SSSR count). The molecular weight excluding hydrogens is 358 g/mol. The molecule has 2 amide bonds. The molecule has 1 aromatic heterocycles. The molecule has 0 spiro atoms. The second-order valence-corrected chi connectivity index (χ2v) is 7.49. The third kappa shape index (κ3) is 4.60. The van der Waals surface area contributed by atoms with Crippen molar-refractivity contribution in [2.45, 2.75) is 26.8 Å². The van der Waals surface area contributed by atoms with E-state index in [0.717, 1.165) is 26.7 Å². The van der Waals surface area contributed by atoms with Crippen LogP contribution in [0.2, 0.25) is 0 Å². The van der Waals surface area contributed by atoms with Crippen LogP contribution in [0.4, 0.5) is 5.69 Å². The van der Waals surface area contributed by atoms with Gasteiger partial charge in [0.1, 0.15) is 10.7 Å². The molecule has 1 atom stereocenters. The predicted octanol–water partition coefficient (Wildman–Crippen LogP) is 4.57. The topological polar surface area (TPSA) is 71.1 Å². The lowest BCUT2D eigenvalue weighted by Gasteiger charge is -2.13. The molecule has 0 aliphatic heterocycles. The van der Waals surface area contributed by atoms with Crippen LogP contribution in [-0.4, -0.2) is 16.8 Å². The van der Waals surface area contributed by atoms with Gasteiger partial charge < -0.3 is 10.6 Å². The van der Waals surface area contributed by atoms with Crippen molar-refractivity contribution >= 4 is 28.8 Å². The van der Waals surface area contributed by atoms with Crippen molar-refractivity contribution in [3.8, 4) is 10.6 Å². The lowest BCUT2D eigenvalue weighted by Crippen LogP contribution is -2.27. The molecule has 0 saturated heterocycles. The number of aromatic nitrogens is 1. The molecule has 138 valence electrons. The van der Waals surface area contributed by atoms with Crippen LogP contribution in [0, 0.1) is 6.92 Å². The summed E-state index contributed by atoms with van der Waals surface area (Å²) in [6, 6.07) is 17.2. The van der Waals surface area contributed by atoms with Crippen molar-refractivity contribution in [3.05, 3.63) is 70.7 Å². The fourth-order valence-electron chi connectivity index (χ4n) is 2.72. The number of nitrogens with zero attached hydrogens (tertiary/aromatic N) is 1. The SMILES string of the molecule is CC(=O)Nc1ccc(-c2nc(C(=O)NC(C)c3ccccc3)c(C)s2)cc1. The molecule has 2 N–H and O–H groups in total. The molecule has 0 radical (unpaired) electrons. The van der Waals surface area contributed by atoms with E-state index >= 15 is 0 Å². The van der Waals surface area contributed by atoms with Crippen molar-refractivity contribution in [2.24, 2.45) is 0 Å². The summed E-state index contributed by atoms with van der Waals surface area (Å²) in [7, 11) is 0. The number of thiazole rings is 1. The first-order chi connectivity index (χ1) is 12.9. The van der Waals surface area contributed by atoms with Crippen LogP contribution >= 0.6 is 11.3 Å². The lowest BCUT2D eigenvalue weighted by molar-refractivity contribution is -0.114. The van der Waals surface area contributed by atoms with E-state index in [1.807, 2.05) is 68.4 Å². The maximum absolute atomic E-state index is 12.7. The van der Waals surface area contributed by atoms with E-state index in [9.17, 15) is 9.59 Å². The third-order valence-electron chi connectivity index (χ3n) is 4.11. The van der Waals surface area contributed by atoms with Crippen LogP contribution < -0.4 is 10.6 Å². The standard InChI is InChI=1S/C21H21N3O2S/c1-13(16-7-5-4-6-8-16)22-20(26)19-14(2)27-21(24-19)17-9-11-18(12-10-17)23-15(3)25/h4-13H,1-3H3,(H,22,26)(H,23,25). The van der Waals surface area contributed by atoms with E-state index in [0.29, 0.717) is 5.69 Å². The highest BCUT2D eigenvalue weighted by Crippen LogP contribution is 2.29. The number of hydrogen-bond donors (Lipinski definition) is 2. The molecule has 5 nitrogen and oxygen atoms in total. The summed E-state index contributed by atoms with van der Waals surface area (Å²) >= 11 is 1.48. The first-order valence-corrected chi connectivity index (χ1v) is 9.47. The first-order valence-electron chi connectivity index (χ1n) is 8.65. The van der Waals surface area contributed by atoms with Crippen molar-refractivity contribution < 1.29 is 9.59 Å². The van der Waals surface area contributed by atoms with Gasteiger partial charge in [-0.3, -0.25) is 9.59 Å². The third-order valence-corrected chi connectivity index (χ3v) is 5.13. The molecule has 6 heteroatoms. The van der Waals surface area contributed by atoms with E-state index < -0.39 is 0 Å². The summed E-state index contributed by atoms with van der Waals surface area (Å²) < 4.78 is 0. The summed E-state index contributed by atoms with van der Waals surface area (Å²) in [4.78, 5) is 29.2. The summed E-state index contributed by atoms with van der Waals surface area (Å²) in [5, 5.41) is 6.52. The van der Waals surface area contributed by atoms with Gasteiger partial charge in [0.15, 0.2) is 0 Å². The number of anilines is 1. The Morgan fingerprint density at radius 3 is 2.33 bits per heavy atom. The normalized spacial score (nSPS) is 11.7. The smallest absolute Gasteiger partial charge is 0.271 e. The molecule has 27 heavy (non-hydrogen) atoms. The molecule has 0 saturated carbocycles. The first kappa shape index (κ1) is 18.8. The van der Waals surface area contributed by atoms with E-state index in [-0.39, 0.29) is 17.9 Å². The van der Waals surface area contributed by atoms with Gasteiger partial charge in [-0.2, -0.15) is 0 Å². The molecule has 0 bridgehead atoms. The Labute approximate surface area is 162 Å².